The number of benzene rings is 2. The molecule has 2 aromatic carbocycles. The summed E-state index contributed by atoms with van der Waals surface area (Å²) in [6, 6.07) is 11.8. The molecule has 0 aliphatic heterocycles. The predicted molar refractivity (Wildman–Crippen MR) is 137 cm³/mol. The van der Waals surface area contributed by atoms with Crippen molar-refractivity contribution in [3.05, 3.63) is 48.0 Å². The molecular formula is C25H31N5O5S. The van der Waals surface area contributed by atoms with Gasteiger partial charge in [0.05, 0.1) is 25.3 Å². The zero-order valence-electron chi connectivity index (χ0n) is 20.4. The molecule has 1 fully saturated rings. The van der Waals surface area contributed by atoms with E-state index in [2.05, 4.69) is 20.0 Å². The van der Waals surface area contributed by atoms with Crippen molar-refractivity contribution in [1.82, 2.24) is 14.7 Å². The van der Waals surface area contributed by atoms with Crippen LogP contribution in [-0.4, -0.2) is 51.7 Å². The van der Waals surface area contributed by atoms with Crippen LogP contribution in [0.5, 0.6) is 5.75 Å². The van der Waals surface area contributed by atoms with Crippen molar-refractivity contribution in [2.75, 3.05) is 38.4 Å². The number of fused-ring (bicyclic) bond motifs is 1. The van der Waals surface area contributed by atoms with E-state index < -0.39 is 16.0 Å². The summed E-state index contributed by atoms with van der Waals surface area (Å²) in [6.45, 7) is 1.05. The topological polar surface area (TPSA) is 146 Å². The zero-order valence-corrected chi connectivity index (χ0v) is 21.2. The summed E-state index contributed by atoms with van der Waals surface area (Å²) < 4.78 is 38.6. The molecule has 4 N–H and O–H groups in total. The number of carbonyl (C=O) groups is 1. The third kappa shape index (κ3) is 5.85. The molecule has 0 radical (unpaired) electrons. The Hall–Kier alpha value is -3.44. The summed E-state index contributed by atoms with van der Waals surface area (Å²) >= 11 is 0. The first kappa shape index (κ1) is 25.6. The lowest BCUT2D eigenvalue weighted by molar-refractivity contribution is 0.0600. The second kappa shape index (κ2) is 11.1. The van der Waals surface area contributed by atoms with Crippen molar-refractivity contribution in [1.29, 1.82) is 0 Å². The Bertz CT molecular complexity index is 1340. The standard InChI is InChI=1S/C25H31N5O5S/c1-34-21-12-11-18(24(31)35-2)13-22(21)36(32,33)28-15-17-9-7-16(8-10-17)14-27-25-29-20-6-4-3-5-19(20)23(26)30-25/h3-6,11-13,16-17,28H,7-10,14-15H2,1-2H3,(H3,26,27,29,30)/t16-,17-. The Morgan fingerprint density at radius 3 is 2.42 bits per heavy atom. The Kier molecular flexibility index (Phi) is 7.90. The van der Waals surface area contributed by atoms with Gasteiger partial charge in [0.25, 0.3) is 0 Å². The molecule has 36 heavy (non-hydrogen) atoms. The zero-order chi connectivity index (χ0) is 25.7. The quantitative estimate of drug-likeness (QED) is 0.367. The number of sulfonamides is 1. The SMILES string of the molecule is COC(=O)c1ccc(OC)c(S(=O)(=O)NC[C@H]2CC[C@H](CNc3nc(N)c4ccccc4n3)CC2)c1. The number of anilines is 2. The smallest absolute Gasteiger partial charge is 0.337 e. The Morgan fingerprint density at radius 1 is 1.03 bits per heavy atom. The Morgan fingerprint density at radius 2 is 1.72 bits per heavy atom. The van der Waals surface area contributed by atoms with E-state index in [1.165, 1.54) is 32.4 Å². The van der Waals surface area contributed by atoms with E-state index in [0.29, 0.717) is 24.2 Å². The van der Waals surface area contributed by atoms with Gasteiger partial charge in [0.2, 0.25) is 16.0 Å². The van der Waals surface area contributed by atoms with Crippen LogP contribution in [-0.2, 0) is 14.8 Å². The van der Waals surface area contributed by atoms with E-state index in [1.807, 2.05) is 24.3 Å². The first-order valence-corrected chi connectivity index (χ1v) is 13.3. The largest absolute Gasteiger partial charge is 0.495 e. The van der Waals surface area contributed by atoms with E-state index in [1.54, 1.807) is 0 Å². The van der Waals surface area contributed by atoms with E-state index in [0.717, 1.165) is 43.1 Å². The molecule has 192 valence electrons. The number of nitrogens with zero attached hydrogens (tertiary/aromatic N) is 2. The fraction of sp³-hybridized carbons (Fsp3) is 0.400. The van der Waals surface area contributed by atoms with Crippen molar-refractivity contribution in [3.8, 4) is 5.75 Å². The minimum absolute atomic E-state index is 0.0829. The molecule has 10 nitrogen and oxygen atoms in total. The summed E-state index contributed by atoms with van der Waals surface area (Å²) in [6.07, 6.45) is 3.72. The van der Waals surface area contributed by atoms with Gasteiger partial charge in [-0.05, 0) is 67.9 Å². The average molecular weight is 514 g/mol. The van der Waals surface area contributed by atoms with Gasteiger partial charge in [-0.1, -0.05) is 12.1 Å². The van der Waals surface area contributed by atoms with Gasteiger partial charge in [-0.3, -0.25) is 0 Å². The van der Waals surface area contributed by atoms with Crippen LogP contribution in [0.4, 0.5) is 11.8 Å². The molecule has 1 aliphatic rings. The van der Waals surface area contributed by atoms with Crippen LogP contribution in [0.25, 0.3) is 10.9 Å². The number of esters is 1. The number of ether oxygens (including phenoxy) is 2. The Balaban J connectivity index is 1.30. The summed E-state index contributed by atoms with van der Waals surface area (Å²) in [5, 5.41) is 4.14. The molecule has 0 spiro atoms. The number of nitrogens with two attached hydrogens (primary N) is 1. The lowest BCUT2D eigenvalue weighted by Crippen LogP contribution is -2.32. The highest BCUT2D eigenvalue weighted by atomic mass is 32.2. The molecule has 0 atom stereocenters. The van der Waals surface area contributed by atoms with Crippen LogP contribution in [0.3, 0.4) is 0 Å². The number of para-hydroxylation sites is 1. The Labute approximate surface area is 210 Å². The van der Waals surface area contributed by atoms with Gasteiger partial charge >= 0.3 is 5.97 Å². The molecule has 1 aromatic heterocycles. The number of rotatable bonds is 9. The van der Waals surface area contributed by atoms with Crippen molar-refractivity contribution in [2.24, 2.45) is 11.8 Å². The lowest BCUT2D eigenvalue weighted by Gasteiger charge is -2.28. The maximum Gasteiger partial charge on any atom is 0.337 e. The first-order valence-electron chi connectivity index (χ1n) is 11.8. The number of hydrogen-bond acceptors (Lipinski definition) is 9. The van der Waals surface area contributed by atoms with Crippen molar-refractivity contribution < 1.29 is 22.7 Å². The van der Waals surface area contributed by atoms with E-state index in [9.17, 15) is 13.2 Å². The third-order valence-electron chi connectivity index (χ3n) is 6.58. The summed E-state index contributed by atoms with van der Waals surface area (Å²) in [4.78, 5) is 20.7. The molecule has 4 rings (SSSR count). The van der Waals surface area contributed by atoms with Gasteiger partial charge in [-0.15, -0.1) is 0 Å². The highest BCUT2D eigenvalue weighted by Crippen LogP contribution is 2.30. The molecule has 0 amide bonds. The molecule has 1 aliphatic carbocycles. The van der Waals surface area contributed by atoms with Crippen LogP contribution < -0.4 is 20.5 Å². The van der Waals surface area contributed by atoms with Gasteiger partial charge in [0.1, 0.15) is 16.5 Å². The maximum atomic E-state index is 13.0. The average Bonchev–Trinajstić information content (AvgIpc) is 2.90. The molecule has 11 heteroatoms. The van der Waals surface area contributed by atoms with E-state index >= 15 is 0 Å². The van der Waals surface area contributed by atoms with Crippen molar-refractivity contribution >= 4 is 38.7 Å². The summed E-state index contributed by atoms with van der Waals surface area (Å²) in [5.74, 6) is 1.18. The molecule has 0 unspecified atom stereocenters. The van der Waals surface area contributed by atoms with Crippen molar-refractivity contribution in [2.45, 2.75) is 30.6 Å². The molecule has 1 heterocycles. The molecule has 0 saturated heterocycles. The van der Waals surface area contributed by atoms with Gasteiger partial charge in [-0.2, -0.15) is 4.98 Å². The van der Waals surface area contributed by atoms with Crippen LogP contribution in [0.15, 0.2) is 47.4 Å². The number of methoxy groups -OCH3 is 2. The molecule has 3 aromatic rings. The third-order valence-corrected chi connectivity index (χ3v) is 8.03. The normalized spacial score (nSPS) is 18.1. The minimum Gasteiger partial charge on any atom is -0.495 e. The van der Waals surface area contributed by atoms with Gasteiger partial charge in [0.15, 0.2) is 0 Å². The molecule has 0 bridgehead atoms. The highest BCUT2D eigenvalue weighted by molar-refractivity contribution is 7.89. The minimum atomic E-state index is -3.87. The fourth-order valence-corrected chi connectivity index (χ4v) is 5.80. The van der Waals surface area contributed by atoms with Crippen LogP contribution in [0.2, 0.25) is 0 Å². The maximum absolute atomic E-state index is 13.0. The van der Waals surface area contributed by atoms with E-state index in [4.69, 9.17) is 15.2 Å². The van der Waals surface area contributed by atoms with Gasteiger partial charge < -0.3 is 20.5 Å². The van der Waals surface area contributed by atoms with Crippen LogP contribution in [0, 0.1) is 11.8 Å². The van der Waals surface area contributed by atoms with Crippen LogP contribution >= 0.6 is 0 Å². The number of aromatic nitrogens is 2. The van der Waals surface area contributed by atoms with E-state index in [-0.39, 0.29) is 22.1 Å². The van der Waals surface area contributed by atoms with Crippen LogP contribution in [0.1, 0.15) is 36.0 Å². The highest BCUT2D eigenvalue weighted by Gasteiger charge is 2.26. The number of nitrogen functional groups attached to an aromatic ring is 1. The van der Waals surface area contributed by atoms with Crippen molar-refractivity contribution in [3.63, 3.8) is 0 Å². The number of hydrogen-bond donors (Lipinski definition) is 3. The lowest BCUT2D eigenvalue weighted by atomic mass is 9.82. The second-order valence-corrected chi connectivity index (χ2v) is 10.7. The van der Waals surface area contributed by atoms with Gasteiger partial charge in [0, 0.05) is 18.5 Å². The fourth-order valence-electron chi connectivity index (χ4n) is 4.49. The monoisotopic (exact) mass is 513 g/mol. The summed E-state index contributed by atoms with van der Waals surface area (Å²) in [5.41, 5.74) is 7.01. The molecule has 1 saturated carbocycles. The van der Waals surface area contributed by atoms with Gasteiger partial charge in [-0.25, -0.2) is 22.9 Å². The number of carbonyl (C=O) groups excluding carboxylic acids is 1. The second-order valence-electron chi connectivity index (χ2n) is 8.93. The predicted octanol–water partition coefficient (Wildman–Crippen LogP) is 3.20. The first-order chi connectivity index (χ1) is 17.3. The number of nitrogens with one attached hydrogen (secondary N) is 2. The molecular weight excluding hydrogens is 482 g/mol. The summed E-state index contributed by atoms with van der Waals surface area (Å²) in [7, 11) is -1.24.